The first-order valence-corrected chi connectivity index (χ1v) is 7.85. The van der Waals surface area contributed by atoms with Crippen molar-refractivity contribution < 1.29 is 5.11 Å². The van der Waals surface area contributed by atoms with Crippen molar-refractivity contribution in [3.8, 4) is 16.9 Å². The molecule has 6 nitrogen and oxygen atoms in total. The Bertz CT molecular complexity index is 845. The largest absolute Gasteiger partial charge is 0.507 e. The lowest BCUT2D eigenvalue weighted by Crippen LogP contribution is -2.18. The SMILES string of the molecule is C=N/C(=C\C(C)=C(/C)NC(C)=NC)c1ccc(-c2cn[nH]c2)cc1O. The van der Waals surface area contributed by atoms with Gasteiger partial charge in [0.25, 0.3) is 0 Å². The standard InChI is InChI=1S/C19H23N5O/c1-12(13(2)24-14(3)20-4)8-18(21-5)17-7-6-15(9-19(17)25)16-10-22-23-11-16/h6-11,25H,5H2,1-4H3,(H,20,24)(H,22,23)/b13-12+,18-8-. The number of aliphatic imine (C=N–C) groups is 2. The molecule has 6 heteroatoms. The van der Waals surface area contributed by atoms with E-state index in [1.54, 1.807) is 25.5 Å². The van der Waals surface area contributed by atoms with Gasteiger partial charge in [-0.3, -0.25) is 15.1 Å². The lowest BCUT2D eigenvalue weighted by molar-refractivity contribution is 0.474. The van der Waals surface area contributed by atoms with Crippen LogP contribution in [0.2, 0.25) is 0 Å². The number of aromatic amines is 1. The van der Waals surface area contributed by atoms with Crippen LogP contribution in [0, 0.1) is 0 Å². The number of H-pyrrole nitrogens is 1. The highest BCUT2D eigenvalue weighted by Gasteiger charge is 2.09. The Kier molecular flexibility index (Phi) is 5.89. The molecule has 0 unspecified atom stereocenters. The third kappa shape index (κ3) is 4.44. The van der Waals surface area contributed by atoms with E-state index in [0.717, 1.165) is 28.2 Å². The molecule has 1 heterocycles. The number of phenolic OH excluding ortho intramolecular Hbond substituents is 1. The van der Waals surface area contributed by atoms with Gasteiger partial charge in [-0.25, -0.2) is 0 Å². The van der Waals surface area contributed by atoms with Gasteiger partial charge in [0.15, 0.2) is 0 Å². The Morgan fingerprint density at radius 3 is 2.60 bits per heavy atom. The molecule has 0 amide bonds. The maximum atomic E-state index is 10.4. The summed E-state index contributed by atoms with van der Waals surface area (Å²) in [6, 6.07) is 5.43. The van der Waals surface area contributed by atoms with E-state index < -0.39 is 0 Å². The fraction of sp³-hybridized carbons (Fsp3) is 0.211. The third-order valence-corrected chi connectivity index (χ3v) is 3.92. The number of hydrogen-bond acceptors (Lipinski definition) is 4. The summed E-state index contributed by atoms with van der Waals surface area (Å²) in [4.78, 5) is 8.16. The zero-order chi connectivity index (χ0) is 18.4. The number of amidine groups is 1. The first-order valence-electron chi connectivity index (χ1n) is 7.85. The zero-order valence-electron chi connectivity index (χ0n) is 15.0. The molecule has 1 aromatic heterocycles. The highest BCUT2D eigenvalue weighted by atomic mass is 16.3. The summed E-state index contributed by atoms with van der Waals surface area (Å²) < 4.78 is 0. The third-order valence-electron chi connectivity index (χ3n) is 3.92. The molecule has 0 spiro atoms. The summed E-state index contributed by atoms with van der Waals surface area (Å²) in [7, 11) is 1.73. The van der Waals surface area contributed by atoms with Crippen LogP contribution in [0.3, 0.4) is 0 Å². The highest BCUT2D eigenvalue weighted by Crippen LogP contribution is 2.31. The van der Waals surface area contributed by atoms with Crippen LogP contribution >= 0.6 is 0 Å². The van der Waals surface area contributed by atoms with Gasteiger partial charge >= 0.3 is 0 Å². The van der Waals surface area contributed by atoms with Crippen LogP contribution in [0.25, 0.3) is 16.8 Å². The second-order valence-corrected chi connectivity index (χ2v) is 5.65. The molecule has 2 aromatic rings. The molecule has 2 rings (SSSR count). The first kappa shape index (κ1) is 18.2. The molecule has 3 N–H and O–H groups in total. The van der Waals surface area contributed by atoms with Crippen LogP contribution in [0.15, 0.2) is 57.9 Å². The van der Waals surface area contributed by atoms with E-state index in [-0.39, 0.29) is 5.75 Å². The van der Waals surface area contributed by atoms with E-state index in [2.05, 4.69) is 32.2 Å². The van der Waals surface area contributed by atoms with Gasteiger partial charge in [0.05, 0.1) is 17.7 Å². The molecule has 0 saturated carbocycles. The van der Waals surface area contributed by atoms with Crippen molar-refractivity contribution in [3.63, 3.8) is 0 Å². The molecule has 0 saturated heterocycles. The summed E-state index contributed by atoms with van der Waals surface area (Å²) in [5.41, 5.74) is 4.93. The number of nitrogens with zero attached hydrogens (tertiary/aromatic N) is 3. The molecule has 0 aliphatic heterocycles. The fourth-order valence-electron chi connectivity index (χ4n) is 2.28. The average molecular weight is 337 g/mol. The summed E-state index contributed by atoms with van der Waals surface area (Å²) in [5, 5.41) is 20.3. The molecule has 0 fully saturated rings. The number of allylic oxidation sites excluding steroid dienone is 3. The number of hydrogen-bond donors (Lipinski definition) is 3. The van der Waals surface area contributed by atoms with Gasteiger partial charge in [0, 0.05) is 30.1 Å². The Balaban J connectivity index is 2.37. The van der Waals surface area contributed by atoms with Crippen LogP contribution in [0.1, 0.15) is 26.3 Å². The van der Waals surface area contributed by atoms with Crippen molar-refractivity contribution in [2.75, 3.05) is 7.05 Å². The Labute approximate surface area is 147 Å². The van der Waals surface area contributed by atoms with Crippen molar-refractivity contribution in [1.29, 1.82) is 0 Å². The number of aromatic nitrogens is 2. The second kappa shape index (κ2) is 8.10. The van der Waals surface area contributed by atoms with Crippen LogP contribution in [0.4, 0.5) is 0 Å². The second-order valence-electron chi connectivity index (χ2n) is 5.65. The minimum Gasteiger partial charge on any atom is -0.507 e. The van der Waals surface area contributed by atoms with Gasteiger partial charge in [0.2, 0.25) is 0 Å². The number of nitrogens with one attached hydrogen (secondary N) is 2. The van der Waals surface area contributed by atoms with Crippen LogP contribution in [-0.4, -0.2) is 34.9 Å². The van der Waals surface area contributed by atoms with Crippen molar-refractivity contribution in [3.05, 3.63) is 53.5 Å². The molecule has 130 valence electrons. The maximum Gasteiger partial charge on any atom is 0.125 e. The number of benzene rings is 1. The maximum absolute atomic E-state index is 10.4. The predicted molar refractivity (Wildman–Crippen MR) is 104 cm³/mol. The fourth-order valence-corrected chi connectivity index (χ4v) is 2.28. The number of aromatic hydroxyl groups is 1. The van der Waals surface area contributed by atoms with Crippen LogP contribution < -0.4 is 5.32 Å². The van der Waals surface area contributed by atoms with E-state index in [1.165, 1.54) is 0 Å². The lowest BCUT2D eigenvalue weighted by Gasteiger charge is -2.10. The Morgan fingerprint density at radius 2 is 2.04 bits per heavy atom. The van der Waals surface area contributed by atoms with Crippen molar-refractivity contribution in [2.24, 2.45) is 9.98 Å². The van der Waals surface area contributed by atoms with E-state index in [4.69, 9.17) is 0 Å². The number of phenols is 1. The number of rotatable bonds is 5. The Morgan fingerprint density at radius 1 is 1.28 bits per heavy atom. The summed E-state index contributed by atoms with van der Waals surface area (Å²) in [6.45, 7) is 9.45. The van der Waals surface area contributed by atoms with Gasteiger partial charge in [-0.15, -0.1) is 0 Å². The summed E-state index contributed by atoms with van der Waals surface area (Å²) >= 11 is 0. The topological polar surface area (TPSA) is 85.7 Å². The van der Waals surface area contributed by atoms with Crippen molar-refractivity contribution >= 4 is 18.3 Å². The normalized spacial score (nSPS) is 13.4. The first-order chi connectivity index (χ1) is 12.0. The predicted octanol–water partition coefficient (Wildman–Crippen LogP) is 3.76. The Hall–Kier alpha value is -3.15. The molecule has 0 aliphatic carbocycles. The minimum atomic E-state index is 0.141. The molecule has 0 aliphatic rings. The molecular weight excluding hydrogens is 314 g/mol. The highest BCUT2D eigenvalue weighted by molar-refractivity contribution is 5.81. The van der Waals surface area contributed by atoms with E-state index in [1.807, 2.05) is 39.0 Å². The quantitative estimate of drug-likeness (QED) is 0.441. The average Bonchev–Trinajstić information content (AvgIpc) is 3.14. The van der Waals surface area contributed by atoms with Crippen molar-refractivity contribution in [1.82, 2.24) is 15.5 Å². The van der Waals surface area contributed by atoms with E-state index in [9.17, 15) is 5.11 Å². The summed E-state index contributed by atoms with van der Waals surface area (Å²) in [5.74, 6) is 0.965. The van der Waals surface area contributed by atoms with Gasteiger partial charge in [-0.05, 0) is 56.8 Å². The lowest BCUT2D eigenvalue weighted by atomic mass is 10.0. The van der Waals surface area contributed by atoms with Gasteiger partial charge in [0.1, 0.15) is 5.75 Å². The summed E-state index contributed by atoms with van der Waals surface area (Å²) in [6.07, 6.45) is 5.36. The monoisotopic (exact) mass is 337 g/mol. The zero-order valence-corrected chi connectivity index (χ0v) is 15.0. The molecule has 0 bridgehead atoms. The molecular formula is C19H23N5O. The molecule has 0 atom stereocenters. The molecule has 0 radical (unpaired) electrons. The molecule has 25 heavy (non-hydrogen) atoms. The van der Waals surface area contributed by atoms with Crippen LogP contribution in [-0.2, 0) is 0 Å². The van der Waals surface area contributed by atoms with Gasteiger partial charge in [-0.1, -0.05) is 6.07 Å². The molecule has 1 aromatic carbocycles. The van der Waals surface area contributed by atoms with E-state index in [0.29, 0.717) is 11.3 Å². The van der Waals surface area contributed by atoms with Gasteiger partial charge in [-0.2, -0.15) is 5.10 Å². The van der Waals surface area contributed by atoms with Crippen LogP contribution in [0.5, 0.6) is 5.75 Å². The smallest absolute Gasteiger partial charge is 0.125 e. The minimum absolute atomic E-state index is 0.141. The van der Waals surface area contributed by atoms with Gasteiger partial charge < -0.3 is 10.4 Å². The van der Waals surface area contributed by atoms with Crippen molar-refractivity contribution in [2.45, 2.75) is 20.8 Å². The van der Waals surface area contributed by atoms with E-state index >= 15 is 0 Å².